The Kier molecular flexibility index (Phi) is 4.51. The van der Waals surface area contributed by atoms with Crippen LogP contribution in [0.3, 0.4) is 0 Å². The average Bonchev–Trinajstić information content (AvgIpc) is 2.78. The molecule has 3 aromatic rings. The van der Waals surface area contributed by atoms with Gasteiger partial charge in [-0.15, -0.1) is 0 Å². The molecule has 0 aliphatic carbocycles. The summed E-state index contributed by atoms with van der Waals surface area (Å²) in [5.74, 6) is 0.425. The van der Waals surface area contributed by atoms with E-state index in [0.717, 1.165) is 42.6 Å². The molecule has 2 unspecified atom stereocenters. The topological polar surface area (TPSA) is 28.0 Å². The van der Waals surface area contributed by atoms with Crippen LogP contribution in [0.25, 0.3) is 22.5 Å². The van der Waals surface area contributed by atoms with Gasteiger partial charge in [-0.2, -0.15) is 9.13 Å². The first-order valence-electron chi connectivity index (χ1n) is 10.4. The third-order valence-electron chi connectivity index (χ3n) is 6.44. The first-order valence-corrected chi connectivity index (χ1v) is 10.4. The Hall–Kier alpha value is -3.20. The Bertz CT molecular complexity index is 1110. The van der Waals surface area contributed by atoms with Gasteiger partial charge in [0.25, 0.3) is 0 Å². The quantitative estimate of drug-likeness (QED) is 0.419. The number of benzene rings is 1. The standard InChI is InChI=1S/C26H25N2O/c1-19-17-26-23(12-8-9-20(18-29)24-13-4-6-15-27(19)24)21-10-2-3-11-22(21)25-14-5-7-16-28(25)26/h2-7,10-11,13-16,18,23,26H,1,8-9,12,17H2/q+1/p+1. The number of rotatable bonds is 0. The van der Waals surface area contributed by atoms with Crippen molar-refractivity contribution in [2.24, 2.45) is 0 Å². The minimum Gasteiger partial charge on any atom is -0.515 e. The van der Waals surface area contributed by atoms with Crippen LogP contribution >= 0.6 is 0 Å². The zero-order chi connectivity index (χ0) is 19.8. The van der Waals surface area contributed by atoms with Crippen LogP contribution in [0.4, 0.5) is 0 Å². The highest BCUT2D eigenvalue weighted by atomic mass is 16.2. The highest BCUT2D eigenvalue weighted by Crippen LogP contribution is 2.43. The maximum absolute atomic E-state index is 9.91. The molecule has 29 heavy (non-hydrogen) atoms. The van der Waals surface area contributed by atoms with Gasteiger partial charge in [0, 0.05) is 35.7 Å². The summed E-state index contributed by atoms with van der Waals surface area (Å²) in [6.07, 6.45) is 9.39. The van der Waals surface area contributed by atoms with E-state index in [-0.39, 0.29) is 0 Å². The molecule has 0 fully saturated rings. The van der Waals surface area contributed by atoms with Gasteiger partial charge in [0.05, 0.1) is 18.3 Å². The summed E-state index contributed by atoms with van der Waals surface area (Å²) in [4.78, 5) is 0. The third kappa shape index (κ3) is 2.98. The van der Waals surface area contributed by atoms with E-state index in [1.54, 1.807) is 0 Å². The number of aliphatic hydroxyl groups excluding tert-OH is 1. The summed E-state index contributed by atoms with van der Waals surface area (Å²) in [5, 5.41) is 9.91. The third-order valence-corrected chi connectivity index (χ3v) is 6.44. The Morgan fingerprint density at radius 3 is 2.55 bits per heavy atom. The molecule has 2 aromatic heterocycles. The van der Waals surface area contributed by atoms with E-state index in [2.05, 4.69) is 76.6 Å². The van der Waals surface area contributed by atoms with Gasteiger partial charge in [-0.25, -0.2) is 0 Å². The van der Waals surface area contributed by atoms with Crippen LogP contribution in [0.2, 0.25) is 0 Å². The van der Waals surface area contributed by atoms with Crippen molar-refractivity contribution < 1.29 is 14.2 Å². The Morgan fingerprint density at radius 1 is 0.931 bits per heavy atom. The van der Waals surface area contributed by atoms with Crippen molar-refractivity contribution in [2.75, 3.05) is 0 Å². The molecule has 1 aromatic carbocycles. The largest absolute Gasteiger partial charge is 0.515 e. The van der Waals surface area contributed by atoms with Gasteiger partial charge in [-0.3, -0.25) is 0 Å². The van der Waals surface area contributed by atoms with Crippen LogP contribution in [-0.2, 0) is 0 Å². The second-order valence-electron chi connectivity index (χ2n) is 8.03. The number of fused-ring (bicyclic) bond motifs is 7. The Balaban J connectivity index is 1.67. The molecule has 0 radical (unpaired) electrons. The fourth-order valence-corrected chi connectivity index (χ4v) is 5.11. The van der Waals surface area contributed by atoms with Crippen molar-refractivity contribution in [1.82, 2.24) is 0 Å². The molecule has 2 aliphatic heterocycles. The van der Waals surface area contributed by atoms with Crippen LogP contribution in [0, 0.1) is 0 Å². The smallest absolute Gasteiger partial charge is 0.217 e. The van der Waals surface area contributed by atoms with E-state index in [1.165, 1.54) is 23.1 Å². The predicted octanol–water partition coefficient (Wildman–Crippen LogP) is 5.21. The minimum atomic E-state index is 0.328. The zero-order valence-corrected chi connectivity index (χ0v) is 16.5. The number of hydrogen-bond acceptors (Lipinski definition) is 1. The lowest BCUT2D eigenvalue weighted by atomic mass is 9.78. The van der Waals surface area contributed by atoms with E-state index >= 15 is 0 Å². The maximum Gasteiger partial charge on any atom is 0.217 e. The second-order valence-corrected chi connectivity index (χ2v) is 8.03. The monoisotopic (exact) mass is 382 g/mol. The first kappa shape index (κ1) is 17.9. The molecule has 3 heteroatoms. The molecular formula is C26H26N2O+2. The van der Waals surface area contributed by atoms with Crippen LogP contribution in [-0.4, -0.2) is 5.11 Å². The summed E-state index contributed by atoms with van der Waals surface area (Å²) >= 11 is 0. The van der Waals surface area contributed by atoms with Gasteiger partial charge in [-0.05, 0) is 49.6 Å². The second kappa shape index (κ2) is 7.32. The van der Waals surface area contributed by atoms with E-state index in [1.807, 2.05) is 12.1 Å². The van der Waals surface area contributed by atoms with E-state index in [4.69, 9.17) is 0 Å². The highest BCUT2D eigenvalue weighted by Gasteiger charge is 2.41. The maximum atomic E-state index is 9.91. The van der Waals surface area contributed by atoms with Crippen LogP contribution in [0.1, 0.15) is 48.9 Å². The van der Waals surface area contributed by atoms with Crippen molar-refractivity contribution in [3.63, 3.8) is 0 Å². The Labute approximate surface area is 171 Å². The van der Waals surface area contributed by atoms with E-state index < -0.39 is 0 Å². The molecule has 3 nitrogen and oxygen atoms in total. The molecular weight excluding hydrogens is 356 g/mol. The molecule has 1 N–H and O–H groups in total. The van der Waals surface area contributed by atoms with Crippen molar-refractivity contribution in [3.05, 3.63) is 97.2 Å². The molecule has 0 spiro atoms. The molecule has 0 bridgehead atoms. The number of allylic oxidation sites excluding steroid dienone is 2. The lowest BCUT2D eigenvalue weighted by molar-refractivity contribution is -0.720. The summed E-state index contributed by atoms with van der Waals surface area (Å²) in [6.45, 7) is 4.46. The fourth-order valence-electron chi connectivity index (χ4n) is 5.11. The summed E-state index contributed by atoms with van der Waals surface area (Å²) in [5.41, 5.74) is 7.12. The zero-order valence-electron chi connectivity index (χ0n) is 16.5. The van der Waals surface area contributed by atoms with Crippen molar-refractivity contribution in [3.8, 4) is 11.3 Å². The average molecular weight is 383 g/mol. The normalized spacial score (nSPS) is 22.2. The van der Waals surface area contributed by atoms with Gasteiger partial charge in [0.2, 0.25) is 11.4 Å². The molecule has 0 amide bonds. The molecule has 4 heterocycles. The van der Waals surface area contributed by atoms with Crippen molar-refractivity contribution in [2.45, 2.75) is 37.6 Å². The molecule has 2 aliphatic rings. The minimum absolute atomic E-state index is 0.328. The van der Waals surface area contributed by atoms with Gasteiger partial charge in [0.15, 0.2) is 24.1 Å². The molecule has 0 saturated heterocycles. The van der Waals surface area contributed by atoms with Gasteiger partial charge >= 0.3 is 0 Å². The van der Waals surface area contributed by atoms with Crippen molar-refractivity contribution >= 4 is 11.3 Å². The molecule has 5 rings (SSSR count). The van der Waals surface area contributed by atoms with Crippen LogP contribution < -0.4 is 9.13 Å². The summed E-state index contributed by atoms with van der Waals surface area (Å²) in [6, 6.07) is 21.8. The van der Waals surface area contributed by atoms with Gasteiger partial charge < -0.3 is 5.11 Å². The first-order chi connectivity index (χ1) is 14.3. The number of hydrogen-bond donors (Lipinski definition) is 1. The van der Waals surface area contributed by atoms with E-state index in [0.29, 0.717) is 12.0 Å². The summed E-state index contributed by atoms with van der Waals surface area (Å²) in [7, 11) is 0. The molecule has 2 atom stereocenters. The number of pyridine rings is 2. The highest BCUT2D eigenvalue weighted by molar-refractivity contribution is 5.64. The number of aliphatic hydroxyl groups is 1. The number of nitrogens with zero attached hydrogens (tertiary/aromatic N) is 2. The molecule has 0 saturated carbocycles. The summed E-state index contributed by atoms with van der Waals surface area (Å²) < 4.78 is 4.60. The predicted molar refractivity (Wildman–Crippen MR) is 115 cm³/mol. The number of aromatic nitrogens is 2. The van der Waals surface area contributed by atoms with E-state index in [9.17, 15) is 5.11 Å². The van der Waals surface area contributed by atoms with Gasteiger partial charge in [0.1, 0.15) is 0 Å². The molecule has 144 valence electrons. The SMILES string of the molecule is C=C1CC2C(CCC/C(=C/O)c3cccc[n+]31)c1ccccc1-c1cccc[n+]12. The van der Waals surface area contributed by atoms with Gasteiger partial charge in [-0.1, -0.05) is 18.2 Å². The fraction of sp³-hybridized carbons (Fsp3) is 0.231. The van der Waals surface area contributed by atoms with Crippen molar-refractivity contribution in [1.29, 1.82) is 0 Å². The van der Waals surface area contributed by atoms with Crippen LogP contribution in [0.5, 0.6) is 0 Å². The Morgan fingerprint density at radius 2 is 1.69 bits per heavy atom. The van der Waals surface area contributed by atoms with Crippen LogP contribution in [0.15, 0.2) is 85.9 Å². The lowest BCUT2D eigenvalue weighted by Gasteiger charge is -2.31. The lowest BCUT2D eigenvalue weighted by Crippen LogP contribution is -2.49.